The number of amides is 1. The second kappa shape index (κ2) is 5.47. The van der Waals surface area contributed by atoms with E-state index in [1.807, 2.05) is 60.7 Å². The molecule has 3 nitrogen and oxygen atoms in total. The van der Waals surface area contributed by atoms with Crippen LogP contribution in [0.25, 0.3) is 0 Å². The van der Waals surface area contributed by atoms with E-state index in [2.05, 4.69) is 0 Å². The highest BCUT2D eigenvalue weighted by Crippen LogP contribution is 2.35. The highest BCUT2D eigenvalue weighted by Gasteiger charge is 2.36. The predicted octanol–water partition coefficient (Wildman–Crippen LogP) is 2.92. The highest BCUT2D eigenvalue weighted by atomic mass is 16.3. The van der Waals surface area contributed by atoms with Gasteiger partial charge in [-0.25, -0.2) is 0 Å². The summed E-state index contributed by atoms with van der Waals surface area (Å²) in [6, 6.07) is 19.0. The predicted molar refractivity (Wildman–Crippen MR) is 78.4 cm³/mol. The first-order valence-electron chi connectivity index (χ1n) is 6.87. The maximum Gasteiger partial charge on any atom is 0.227 e. The molecule has 3 heteroatoms. The second-order valence-corrected chi connectivity index (χ2v) is 5.06. The lowest BCUT2D eigenvalue weighted by Gasteiger charge is -2.39. The maximum absolute atomic E-state index is 12.3. The van der Waals surface area contributed by atoms with Gasteiger partial charge >= 0.3 is 0 Å². The van der Waals surface area contributed by atoms with Gasteiger partial charge in [0.2, 0.25) is 5.91 Å². The molecule has 0 bridgehead atoms. The van der Waals surface area contributed by atoms with Crippen LogP contribution >= 0.6 is 0 Å². The molecule has 2 atom stereocenters. The molecule has 1 aliphatic heterocycles. The van der Waals surface area contributed by atoms with Crippen molar-refractivity contribution in [3.63, 3.8) is 0 Å². The summed E-state index contributed by atoms with van der Waals surface area (Å²) in [5, 5.41) is 10.4. The lowest BCUT2D eigenvalue weighted by molar-refractivity contribution is -0.122. The zero-order valence-corrected chi connectivity index (χ0v) is 11.1. The van der Waals surface area contributed by atoms with Gasteiger partial charge in [-0.2, -0.15) is 0 Å². The average molecular weight is 267 g/mol. The van der Waals surface area contributed by atoms with E-state index in [-0.39, 0.29) is 11.9 Å². The van der Waals surface area contributed by atoms with Gasteiger partial charge in [-0.1, -0.05) is 48.5 Å². The molecule has 3 rings (SSSR count). The lowest BCUT2D eigenvalue weighted by atomic mass is 9.91. The van der Waals surface area contributed by atoms with Gasteiger partial charge in [0.1, 0.15) is 0 Å². The van der Waals surface area contributed by atoms with Crippen molar-refractivity contribution >= 4 is 11.6 Å². The van der Waals surface area contributed by atoms with Gasteiger partial charge in [0.05, 0.1) is 12.1 Å². The van der Waals surface area contributed by atoms with Crippen LogP contribution in [0.1, 0.15) is 24.4 Å². The van der Waals surface area contributed by atoms with Gasteiger partial charge in [0.15, 0.2) is 0 Å². The minimum absolute atomic E-state index is 0.0651. The monoisotopic (exact) mass is 267 g/mol. The summed E-state index contributed by atoms with van der Waals surface area (Å²) in [5.74, 6) is 0.0651. The molecule has 20 heavy (non-hydrogen) atoms. The number of carbonyl (C=O) groups excluding carboxylic acids is 1. The van der Waals surface area contributed by atoms with Crippen molar-refractivity contribution in [1.29, 1.82) is 0 Å². The van der Waals surface area contributed by atoms with Gasteiger partial charge in [0.25, 0.3) is 0 Å². The van der Waals surface area contributed by atoms with Crippen molar-refractivity contribution in [3.05, 3.63) is 66.2 Å². The molecule has 0 saturated carbocycles. The first kappa shape index (κ1) is 12.9. The van der Waals surface area contributed by atoms with Gasteiger partial charge in [-0.05, 0) is 24.1 Å². The Hall–Kier alpha value is -2.13. The zero-order valence-electron chi connectivity index (χ0n) is 11.1. The highest BCUT2D eigenvalue weighted by molar-refractivity contribution is 5.95. The Kier molecular flexibility index (Phi) is 3.52. The quantitative estimate of drug-likeness (QED) is 0.909. The van der Waals surface area contributed by atoms with Gasteiger partial charge in [-0.15, -0.1) is 0 Å². The molecule has 1 amide bonds. The third-order valence-corrected chi connectivity index (χ3v) is 3.74. The number of rotatable bonds is 2. The van der Waals surface area contributed by atoms with E-state index in [9.17, 15) is 9.90 Å². The fourth-order valence-corrected chi connectivity index (χ4v) is 2.79. The SMILES string of the molecule is O=C1CC[C@H](O)[C@@H](c2ccccc2)N1c1ccccc1. The molecule has 1 N–H and O–H groups in total. The summed E-state index contributed by atoms with van der Waals surface area (Å²) in [4.78, 5) is 14.1. The molecular weight excluding hydrogens is 250 g/mol. The third kappa shape index (κ3) is 2.32. The molecule has 1 aliphatic rings. The first-order valence-corrected chi connectivity index (χ1v) is 6.87. The largest absolute Gasteiger partial charge is 0.391 e. The van der Waals surface area contributed by atoms with Crippen LogP contribution in [0.3, 0.4) is 0 Å². The molecule has 1 heterocycles. The Morgan fingerprint density at radius 1 is 0.950 bits per heavy atom. The molecule has 0 unspecified atom stereocenters. The number of benzene rings is 2. The lowest BCUT2D eigenvalue weighted by Crippen LogP contribution is -2.45. The summed E-state index contributed by atoms with van der Waals surface area (Å²) in [5.41, 5.74) is 1.81. The molecule has 0 spiro atoms. The van der Waals surface area contributed by atoms with Crippen molar-refractivity contribution < 1.29 is 9.90 Å². The number of aliphatic hydroxyl groups excluding tert-OH is 1. The maximum atomic E-state index is 12.3. The Morgan fingerprint density at radius 2 is 1.55 bits per heavy atom. The van der Waals surface area contributed by atoms with E-state index in [1.165, 1.54) is 0 Å². The number of anilines is 1. The van der Waals surface area contributed by atoms with Gasteiger partial charge in [-0.3, -0.25) is 4.79 Å². The fraction of sp³-hybridized carbons (Fsp3) is 0.235. The molecule has 0 aromatic heterocycles. The van der Waals surface area contributed by atoms with Crippen molar-refractivity contribution in [3.8, 4) is 0 Å². The number of hydrogen-bond acceptors (Lipinski definition) is 2. The van der Waals surface area contributed by atoms with E-state index in [0.29, 0.717) is 12.8 Å². The Balaban J connectivity index is 2.05. The van der Waals surface area contributed by atoms with Gasteiger partial charge < -0.3 is 10.0 Å². The number of aliphatic hydroxyl groups is 1. The van der Waals surface area contributed by atoms with Crippen LogP contribution in [0.2, 0.25) is 0 Å². The molecule has 2 aromatic rings. The van der Waals surface area contributed by atoms with E-state index in [0.717, 1.165) is 11.3 Å². The van der Waals surface area contributed by atoms with Gasteiger partial charge in [0, 0.05) is 12.1 Å². The Morgan fingerprint density at radius 3 is 2.20 bits per heavy atom. The van der Waals surface area contributed by atoms with Crippen molar-refractivity contribution in [2.24, 2.45) is 0 Å². The number of carbonyl (C=O) groups is 1. The normalized spacial score (nSPS) is 22.9. The van der Waals surface area contributed by atoms with Crippen LogP contribution in [-0.2, 0) is 4.79 Å². The topological polar surface area (TPSA) is 40.5 Å². The van der Waals surface area contributed by atoms with Crippen LogP contribution in [0, 0.1) is 0 Å². The Bertz CT molecular complexity index is 582. The average Bonchev–Trinajstić information content (AvgIpc) is 2.51. The zero-order chi connectivity index (χ0) is 13.9. The fourth-order valence-electron chi connectivity index (χ4n) is 2.79. The van der Waals surface area contributed by atoms with Crippen molar-refractivity contribution in [1.82, 2.24) is 0 Å². The number of para-hydroxylation sites is 1. The van der Waals surface area contributed by atoms with Crippen LogP contribution < -0.4 is 4.90 Å². The summed E-state index contributed by atoms with van der Waals surface area (Å²) >= 11 is 0. The molecule has 2 aromatic carbocycles. The van der Waals surface area contributed by atoms with E-state index < -0.39 is 6.10 Å². The smallest absolute Gasteiger partial charge is 0.227 e. The molecule has 102 valence electrons. The molecule has 0 radical (unpaired) electrons. The first-order chi connectivity index (χ1) is 9.77. The number of nitrogens with zero attached hydrogens (tertiary/aromatic N) is 1. The second-order valence-electron chi connectivity index (χ2n) is 5.06. The molecule has 1 saturated heterocycles. The third-order valence-electron chi connectivity index (χ3n) is 3.74. The van der Waals surface area contributed by atoms with Crippen molar-refractivity contribution in [2.75, 3.05) is 4.90 Å². The summed E-state index contributed by atoms with van der Waals surface area (Å²) < 4.78 is 0. The van der Waals surface area contributed by atoms with Crippen LogP contribution in [0.4, 0.5) is 5.69 Å². The van der Waals surface area contributed by atoms with E-state index in [1.54, 1.807) is 4.90 Å². The van der Waals surface area contributed by atoms with Crippen molar-refractivity contribution in [2.45, 2.75) is 25.0 Å². The summed E-state index contributed by atoms with van der Waals surface area (Å²) in [6.07, 6.45) is 0.372. The standard InChI is InChI=1S/C17H17NO2/c19-15-11-12-16(20)18(14-9-5-2-6-10-14)17(15)13-7-3-1-4-8-13/h1-10,15,17,19H,11-12H2/t15-,17+/m0/s1. The molecular formula is C17H17NO2. The van der Waals surface area contributed by atoms with Crippen LogP contribution in [0.5, 0.6) is 0 Å². The van der Waals surface area contributed by atoms with Crippen LogP contribution in [-0.4, -0.2) is 17.1 Å². The molecule has 0 aliphatic carbocycles. The van der Waals surface area contributed by atoms with Crippen LogP contribution in [0.15, 0.2) is 60.7 Å². The minimum atomic E-state index is -0.532. The summed E-state index contributed by atoms with van der Waals surface area (Å²) in [6.45, 7) is 0. The summed E-state index contributed by atoms with van der Waals surface area (Å²) in [7, 11) is 0. The Labute approximate surface area is 118 Å². The van der Waals surface area contributed by atoms with E-state index in [4.69, 9.17) is 0 Å². The molecule has 1 fully saturated rings. The number of hydrogen-bond donors (Lipinski definition) is 1. The minimum Gasteiger partial charge on any atom is -0.391 e. The van der Waals surface area contributed by atoms with E-state index >= 15 is 0 Å². The number of piperidine rings is 1.